The number of aliphatic carboxylic acids is 1. The van der Waals surface area contributed by atoms with Gasteiger partial charge in [-0.05, 0) is 12.8 Å². The number of carbonyl (C=O) groups is 2. The minimum atomic E-state index is -0.860. The molecule has 0 saturated heterocycles. The summed E-state index contributed by atoms with van der Waals surface area (Å²) in [7, 11) is 1.68. The standard InChI is InChI=1S/C12H21NO4/c1-12(2)8(7-9(12)17-3)13-10(14)5-4-6-11(15)16/h8-9H,4-7H2,1-3H3,(H,13,14)(H,15,16). The van der Waals surface area contributed by atoms with Crippen molar-refractivity contribution in [3.8, 4) is 0 Å². The molecule has 0 heterocycles. The summed E-state index contributed by atoms with van der Waals surface area (Å²) in [5.41, 5.74) is -0.0444. The lowest BCUT2D eigenvalue weighted by Crippen LogP contribution is -2.61. The second-order valence-corrected chi connectivity index (χ2v) is 5.15. The normalized spacial score (nSPS) is 26.1. The molecule has 1 aliphatic carbocycles. The fourth-order valence-corrected chi connectivity index (χ4v) is 2.20. The Morgan fingerprint density at radius 2 is 2.06 bits per heavy atom. The molecule has 17 heavy (non-hydrogen) atoms. The number of amides is 1. The van der Waals surface area contributed by atoms with E-state index in [1.165, 1.54) is 0 Å². The van der Waals surface area contributed by atoms with Crippen LogP contribution in [0.4, 0.5) is 0 Å². The summed E-state index contributed by atoms with van der Waals surface area (Å²) >= 11 is 0. The van der Waals surface area contributed by atoms with Gasteiger partial charge in [0.1, 0.15) is 0 Å². The van der Waals surface area contributed by atoms with Crippen LogP contribution in [-0.2, 0) is 14.3 Å². The SMILES string of the molecule is COC1CC(NC(=O)CCCC(=O)O)C1(C)C. The summed E-state index contributed by atoms with van der Waals surface area (Å²) in [6.07, 6.45) is 1.72. The van der Waals surface area contributed by atoms with E-state index >= 15 is 0 Å². The number of hydrogen-bond acceptors (Lipinski definition) is 3. The first-order valence-electron chi connectivity index (χ1n) is 5.92. The van der Waals surface area contributed by atoms with Gasteiger partial charge >= 0.3 is 5.97 Å². The zero-order valence-corrected chi connectivity index (χ0v) is 10.7. The van der Waals surface area contributed by atoms with E-state index < -0.39 is 5.97 Å². The Morgan fingerprint density at radius 3 is 2.53 bits per heavy atom. The van der Waals surface area contributed by atoms with Crippen LogP contribution in [0, 0.1) is 5.41 Å². The van der Waals surface area contributed by atoms with E-state index in [4.69, 9.17) is 9.84 Å². The molecule has 1 rings (SSSR count). The van der Waals surface area contributed by atoms with Crippen LogP contribution in [0.15, 0.2) is 0 Å². The molecule has 0 spiro atoms. The lowest BCUT2D eigenvalue weighted by Gasteiger charge is -2.51. The number of rotatable bonds is 6. The van der Waals surface area contributed by atoms with Crippen molar-refractivity contribution in [1.29, 1.82) is 0 Å². The number of ether oxygens (including phenoxy) is 1. The van der Waals surface area contributed by atoms with Crippen LogP contribution in [0.1, 0.15) is 39.5 Å². The van der Waals surface area contributed by atoms with Crippen LogP contribution in [-0.4, -0.2) is 36.2 Å². The summed E-state index contributed by atoms with van der Waals surface area (Å²) in [5.74, 6) is -0.930. The molecule has 1 amide bonds. The van der Waals surface area contributed by atoms with Gasteiger partial charge in [-0.15, -0.1) is 0 Å². The van der Waals surface area contributed by atoms with Crippen LogP contribution >= 0.6 is 0 Å². The molecule has 0 aromatic rings. The molecule has 0 aromatic heterocycles. The first kappa shape index (κ1) is 14.0. The van der Waals surface area contributed by atoms with Gasteiger partial charge in [-0.25, -0.2) is 0 Å². The van der Waals surface area contributed by atoms with Crippen LogP contribution < -0.4 is 5.32 Å². The van der Waals surface area contributed by atoms with Gasteiger partial charge in [0, 0.05) is 31.4 Å². The van der Waals surface area contributed by atoms with Crippen molar-refractivity contribution in [2.45, 2.75) is 51.7 Å². The average molecular weight is 243 g/mol. The third kappa shape index (κ3) is 3.43. The molecular formula is C12H21NO4. The molecule has 98 valence electrons. The minimum absolute atomic E-state index is 0.0438. The molecule has 0 aliphatic heterocycles. The van der Waals surface area contributed by atoms with Gasteiger partial charge in [0.25, 0.3) is 0 Å². The maximum atomic E-state index is 11.6. The fraction of sp³-hybridized carbons (Fsp3) is 0.833. The van der Waals surface area contributed by atoms with Crippen molar-refractivity contribution in [3.63, 3.8) is 0 Å². The lowest BCUT2D eigenvalue weighted by atomic mass is 9.64. The van der Waals surface area contributed by atoms with E-state index in [0.717, 1.165) is 6.42 Å². The van der Waals surface area contributed by atoms with Crippen molar-refractivity contribution in [1.82, 2.24) is 5.32 Å². The summed E-state index contributed by atoms with van der Waals surface area (Å²) < 4.78 is 5.30. The van der Waals surface area contributed by atoms with Crippen molar-refractivity contribution in [2.24, 2.45) is 5.41 Å². The fourth-order valence-electron chi connectivity index (χ4n) is 2.20. The van der Waals surface area contributed by atoms with E-state index in [1.807, 2.05) is 0 Å². The van der Waals surface area contributed by atoms with Gasteiger partial charge in [0.2, 0.25) is 5.91 Å². The van der Waals surface area contributed by atoms with E-state index in [1.54, 1.807) is 7.11 Å². The predicted octanol–water partition coefficient (Wildman–Crippen LogP) is 1.17. The van der Waals surface area contributed by atoms with E-state index in [-0.39, 0.29) is 36.3 Å². The highest BCUT2D eigenvalue weighted by Crippen LogP contribution is 2.42. The van der Waals surface area contributed by atoms with Gasteiger partial charge in [-0.3, -0.25) is 9.59 Å². The highest BCUT2D eigenvalue weighted by Gasteiger charge is 2.49. The van der Waals surface area contributed by atoms with Crippen molar-refractivity contribution < 1.29 is 19.4 Å². The molecule has 1 aliphatic rings. The predicted molar refractivity (Wildman–Crippen MR) is 62.6 cm³/mol. The Balaban J connectivity index is 2.26. The molecule has 5 nitrogen and oxygen atoms in total. The van der Waals surface area contributed by atoms with Crippen molar-refractivity contribution in [3.05, 3.63) is 0 Å². The smallest absolute Gasteiger partial charge is 0.303 e. The first-order chi connectivity index (χ1) is 7.87. The maximum absolute atomic E-state index is 11.6. The summed E-state index contributed by atoms with van der Waals surface area (Å²) in [4.78, 5) is 21.9. The Kier molecular flexibility index (Phi) is 4.51. The Labute approximate surface area is 102 Å². The van der Waals surface area contributed by atoms with Gasteiger partial charge in [0.15, 0.2) is 0 Å². The third-order valence-electron chi connectivity index (χ3n) is 3.59. The zero-order valence-electron chi connectivity index (χ0n) is 10.7. The molecule has 1 fully saturated rings. The summed E-state index contributed by atoms with van der Waals surface area (Å²) in [6.45, 7) is 4.12. The minimum Gasteiger partial charge on any atom is -0.481 e. The number of carbonyl (C=O) groups excluding carboxylic acids is 1. The van der Waals surface area contributed by atoms with E-state index in [9.17, 15) is 9.59 Å². The largest absolute Gasteiger partial charge is 0.481 e. The zero-order chi connectivity index (χ0) is 13.1. The second kappa shape index (κ2) is 5.49. The third-order valence-corrected chi connectivity index (χ3v) is 3.59. The number of nitrogens with one attached hydrogen (secondary N) is 1. The number of carboxylic acids is 1. The molecule has 1 saturated carbocycles. The molecule has 0 bridgehead atoms. The number of methoxy groups -OCH3 is 1. The molecule has 2 unspecified atom stereocenters. The molecule has 0 aromatic carbocycles. The van der Waals surface area contributed by atoms with Gasteiger partial charge in [-0.1, -0.05) is 13.8 Å². The van der Waals surface area contributed by atoms with Crippen LogP contribution in [0.25, 0.3) is 0 Å². The van der Waals surface area contributed by atoms with Crippen LogP contribution in [0.5, 0.6) is 0 Å². The number of carboxylic acid groups (broad SMARTS) is 1. The molecule has 2 atom stereocenters. The first-order valence-corrected chi connectivity index (χ1v) is 5.92. The highest BCUT2D eigenvalue weighted by atomic mass is 16.5. The average Bonchev–Trinajstić information content (AvgIpc) is 2.23. The number of hydrogen-bond donors (Lipinski definition) is 2. The molecular weight excluding hydrogens is 222 g/mol. The summed E-state index contributed by atoms with van der Waals surface area (Å²) in [6, 6.07) is 0.129. The van der Waals surface area contributed by atoms with Gasteiger partial charge in [0.05, 0.1) is 6.10 Å². The van der Waals surface area contributed by atoms with Gasteiger partial charge in [-0.2, -0.15) is 0 Å². The Morgan fingerprint density at radius 1 is 1.41 bits per heavy atom. The van der Waals surface area contributed by atoms with Crippen molar-refractivity contribution >= 4 is 11.9 Å². The maximum Gasteiger partial charge on any atom is 0.303 e. The Hall–Kier alpha value is -1.10. The molecule has 0 radical (unpaired) electrons. The van der Waals surface area contributed by atoms with Gasteiger partial charge < -0.3 is 15.2 Å². The summed E-state index contributed by atoms with van der Waals surface area (Å²) in [5, 5.41) is 11.4. The van der Waals surface area contributed by atoms with Crippen molar-refractivity contribution in [2.75, 3.05) is 7.11 Å². The van der Waals surface area contributed by atoms with E-state index in [2.05, 4.69) is 19.2 Å². The van der Waals surface area contributed by atoms with E-state index in [0.29, 0.717) is 6.42 Å². The lowest BCUT2D eigenvalue weighted by molar-refractivity contribution is -0.137. The molecule has 5 heteroatoms. The monoisotopic (exact) mass is 243 g/mol. The van der Waals surface area contributed by atoms with Crippen LogP contribution in [0.2, 0.25) is 0 Å². The molecule has 2 N–H and O–H groups in total. The quantitative estimate of drug-likeness (QED) is 0.734. The Bertz CT molecular complexity index is 301. The highest BCUT2D eigenvalue weighted by molar-refractivity contribution is 5.77. The van der Waals surface area contributed by atoms with Crippen LogP contribution in [0.3, 0.4) is 0 Å². The topological polar surface area (TPSA) is 75.6 Å². The second-order valence-electron chi connectivity index (χ2n) is 5.15.